The first-order valence-electron chi connectivity index (χ1n) is 11.1. The second-order valence-electron chi connectivity index (χ2n) is 8.34. The molecule has 0 unspecified atom stereocenters. The summed E-state index contributed by atoms with van der Waals surface area (Å²) in [6.07, 6.45) is 1.57. The molecule has 0 spiro atoms. The molecule has 0 radical (unpaired) electrons. The Balaban J connectivity index is 2.46. The second-order valence-corrected chi connectivity index (χ2v) is 8.34. The molecule has 192 valence electrons. The Labute approximate surface area is 205 Å². The van der Waals surface area contributed by atoms with E-state index in [0.717, 1.165) is 5.56 Å². The summed E-state index contributed by atoms with van der Waals surface area (Å²) in [5, 5.41) is 4.84. The lowest BCUT2D eigenvalue weighted by Crippen LogP contribution is -2.44. The van der Waals surface area contributed by atoms with E-state index < -0.39 is 41.8 Å². The summed E-state index contributed by atoms with van der Waals surface area (Å²) >= 11 is 0. The highest BCUT2D eigenvalue weighted by molar-refractivity contribution is 5.82. The highest BCUT2D eigenvalue weighted by Gasteiger charge is 2.25. The lowest BCUT2D eigenvalue weighted by molar-refractivity contribution is -0.154. The summed E-state index contributed by atoms with van der Waals surface area (Å²) in [5.74, 6) is -1.48. The van der Waals surface area contributed by atoms with E-state index >= 15 is 0 Å². The number of esters is 2. The van der Waals surface area contributed by atoms with Gasteiger partial charge >= 0.3 is 24.1 Å². The summed E-state index contributed by atoms with van der Waals surface area (Å²) < 4.78 is 20.4. The van der Waals surface area contributed by atoms with Gasteiger partial charge in [0.15, 0.2) is 0 Å². The SMILES string of the molecule is C=CC[C@H](NC(=O)OCc1ccccc1)C(=O)OCCOC(=O)[C@@H](CC=C)NC(=O)OC(C)(C)C. The number of rotatable bonds is 13. The first kappa shape index (κ1) is 29.2. The van der Waals surface area contributed by atoms with Crippen LogP contribution in [0.25, 0.3) is 0 Å². The first-order chi connectivity index (χ1) is 16.6. The minimum absolute atomic E-state index is 0.0433. The number of carbonyl (C=O) groups excluding carboxylic acids is 4. The van der Waals surface area contributed by atoms with Crippen LogP contribution in [0.1, 0.15) is 39.2 Å². The molecule has 0 aliphatic carbocycles. The van der Waals surface area contributed by atoms with E-state index in [1.54, 1.807) is 32.9 Å². The number of nitrogens with one attached hydrogen (secondary N) is 2. The Kier molecular flexibility index (Phi) is 12.6. The smallest absolute Gasteiger partial charge is 0.408 e. The topological polar surface area (TPSA) is 129 Å². The minimum Gasteiger partial charge on any atom is -0.461 e. The highest BCUT2D eigenvalue weighted by Crippen LogP contribution is 2.08. The van der Waals surface area contributed by atoms with E-state index in [0.29, 0.717) is 0 Å². The number of benzene rings is 1. The lowest BCUT2D eigenvalue weighted by Gasteiger charge is -2.22. The molecule has 0 aromatic heterocycles. The van der Waals surface area contributed by atoms with Crippen molar-refractivity contribution in [1.29, 1.82) is 0 Å². The van der Waals surface area contributed by atoms with Crippen molar-refractivity contribution in [3.05, 3.63) is 61.2 Å². The third-order valence-corrected chi connectivity index (χ3v) is 4.14. The van der Waals surface area contributed by atoms with Crippen molar-refractivity contribution in [2.45, 2.75) is 57.9 Å². The van der Waals surface area contributed by atoms with Crippen LogP contribution in [-0.2, 0) is 35.1 Å². The van der Waals surface area contributed by atoms with Crippen molar-refractivity contribution in [2.24, 2.45) is 0 Å². The van der Waals surface area contributed by atoms with E-state index in [1.165, 1.54) is 12.2 Å². The van der Waals surface area contributed by atoms with Crippen LogP contribution in [0, 0.1) is 0 Å². The first-order valence-corrected chi connectivity index (χ1v) is 11.1. The Morgan fingerprint density at radius 3 is 1.77 bits per heavy atom. The van der Waals surface area contributed by atoms with Gasteiger partial charge < -0.3 is 29.6 Å². The molecule has 1 aromatic rings. The number of hydrogen-bond acceptors (Lipinski definition) is 8. The maximum absolute atomic E-state index is 12.3. The van der Waals surface area contributed by atoms with E-state index in [9.17, 15) is 19.2 Å². The molecule has 0 aliphatic heterocycles. The summed E-state index contributed by atoms with van der Waals surface area (Å²) in [4.78, 5) is 48.6. The molecule has 0 heterocycles. The molecule has 35 heavy (non-hydrogen) atoms. The van der Waals surface area contributed by atoms with Gasteiger partial charge in [-0.15, -0.1) is 13.2 Å². The lowest BCUT2D eigenvalue weighted by atomic mass is 10.2. The molecule has 2 amide bonds. The third-order valence-electron chi connectivity index (χ3n) is 4.14. The molecule has 1 rings (SSSR count). The van der Waals surface area contributed by atoms with Crippen molar-refractivity contribution >= 4 is 24.1 Å². The molecule has 0 aliphatic rings. The number of alkyl carbamates (subject to hydrolysis) is 2. The molecular formula is C25H34N2O8. The zero-order valence-corrected chi connectivity index (χ0v) is 20.4. The van der Waals surface area contributed by atoms with Gasteiger partial charge in [0, 0.05) is 0 Å². The van der Waals surface area contributed by atoms with Gasteiger partial charge in [-0.3, -0.25) is 0 Å². The fourth-order valence-corrected chi connectivity index (χ4v) is 2.60. The van der Waals surface area contributed by atoms with Crippen LogP contribution < -0.4 is 10.6 Å². The quantitative estimate of drug-likeness (QED) is 0.186. The highest BCUT2D eigenvalue weighted by atomic mass is 16.6. The van der Waals surface area contributed by atoms with Crippen LogP contribution in [0.15, 0.2) is 55.6 Å². The second kappa shape index (κ2) is 15.2. The van der Waals surface area contributed by atoms with Gasteiger partial charge in [-0.2, -0.15) is 0 Å². The summed E-state index contributed by atoms with van der Waals surface area (Å²) in [6.45, 7) is 11.7. The van der Waals surface area contributed by atoms with Crippen molar-refractivity contribution in [3.8, 4) is 0 Å². The van der Waals surface area contributed by atoms with Crippen molar-refractivity contribution in [3.63, 3.8) is 0 Å². The molecule has 0 saturated heterocycles. The third kappa shape index (κ3) is 12.9. The fourth-order valence-electron chi connectivity index (χ4n) is 2.60. The molecule has 2 N–H and O–H groups in total. The maximum atomic E-state index is 12.3. The molecule has 0 bridgehead atoms. The number of carbonyl (C=O) groups is 4. The summed E-state index contributed by atoms with van der Waals surface area (Å²) in [6, 6.07) is 7.04. The zero-order chi connectivity index (χ0) is 26.3. The van der Waals surface area contributed by atoms with Gasteiger partial charge in [0.1, 0.15) is 37.5 Å². The monoisotopic (exact) mass is 490 g/mol. The Morgan fingerprint density at radius 2 is 1.31 bits per heavy atom. The van der Waals surface area contributed by atoms with Crippen molar-refractivity contribution < 1.29 is 38.1 Å². The molecule has 10 heteroatoms. The van der Waals surface area contributed by atoms with E-state index in [2.05, 4.69) is 23.8 Å². The number of amides is 2. The van der Waals surface area contributed by atoms with Gasteiger partial charge in [-0.1, -0.05) is 42.5 Å². The molecule has 1 aromatic carbocycles. The number of hydrogen-bond donors (Lipinski definition) is 2. The minimum atomic E-state index is -1.02. The largest absolute Gasteiger partial charge is 0.461 e. The average molecular weight is 491 g/mol. The normalized spacial score (nSPS) is 12.3. The predicted octanol–water partition coefficient (Wildman–Crippen LogP) is 3.41. The molecule has 0 fully saturated rings. The molecule has 10 nitrogen and oxygen atoms in total. The van der Waals surface area contributed by atoms with Crippen LogP contribution in [0.3, 0.4) is 0 Å². The van der Waals surface area contributed by atoms with Gasteiger partial charge in [-0.05, 0) is 39.2 Å². The standard InChI is InChI=1S/C25H34N2O8/c1-6-11-19(26-23(30)34-17-18-13-9-8-10-14-18)21(28)32-15-16-33-22(29)20(12-7-2)27-24(31)35-25(3,4)5/h6-10,13-14,19-20H,1-2,11-12,15-17H2,3-5H3,(H,26,30)(H,27,31)/t19-,20+/m0/s1. The van der Waals surface area contributed by atoms with Crippen LogP contribution in [0.4, 0.5) is 9.59 Å². The number of ether oxygens (including phenoxy) is 4. The van der Waals surface area contributed by atoms with E-state index in [1.807, 2.05) is 18.2 Å². The summed E-state index contributed by atoms with van der Waals surface area (Å²) in [7, 11) is 0. The van der Waals surface area contributed by atoms with E-state index in [-0.39, 0.29) is 32.7 Å². The van der Waals surface area contributed by atoms with Crippen LogP contribution >= 0.6 is 0 Å². The maximum Gasteiger partial charge on any atom is 0.408 e. The molecular weight excluding hydrogens is 456 g/mol. The van der Waals surface area contributed by atoms with Gasteiger partial charge in [0.2, 0.25) is 0 Å². The average Bonchev–Trinajstić information content (AvgIpc) is 2.79. The zero-order valence-electron chi connectivity index (χ0n) is 20.4. The Morgan fingerprint density at radius 1 is 0.829 bits per heavy atom. The molecule has 2 atom stereocenters. The van der Waals surface area contributed by atoms with Crippen LogP contribution in [0.2, 0.25) is 0 Å². The Hall–Kier alpha value is -3.82. The van der Waals surface area contributed by atoms with Crippen molar-refractivity contribution in [2.75, 3.05) is 13.2 Å². The van der Waals surface area contributed by atoms with Crippen molar-refractivity contribution in [1.82, 2.24) is 10.6 Å². The summed E-state index contributed by atoms with van der Waals surface area (Å²) in [5.41, 5.74) is 0.0634. The van der Waals surface area contributed by atoms with E-state index in [4.69, 9.17) is 18.9 Å². The predicted molar refractivity (Wildman–Crippen MR) is 128 cm³/mol. The van der Waals surface area contributed by atoms with Gasteiger partial charge in [0.25, 0.3) is 0 Å². The molecule has 0 saturated carbocycles. The Bertz CT molecular complexity index is 864. The van der Waals surface area contributed by atoms with Crippen LogP contribution in [0.5, 0.6) is 0 Å². The van der Waals surface area contributed by atoms with Gasteiger partial charge in [0.05, 0.1) is 0 Å². The fraction of sp³-hybridized carbons (Fsp3) is 0.440. The van der Waals surface area contributed by atoms with Gasteiger partial charge in [-0.25, -0.2) is 19.2 Å². The van der Waals surface area contributed by atoms with Crippen LogP contribution in [-0.4, -0.2) is 55.0 Å².